The molecule has 49 heavy (non-hydrogen) atoms. The van der Waals surface area contributed by atoms with Gasteiger partial charge < -0.3 is 5.11 Å². The number of nitrogens with zero attached hydrogens (tertiary/aromatic N) is 1. The molecule has 3 nitrogen and oxygen atoms in total. The Hall–Kier alpha value is -2.75. The molecule has 0 unspecified atom stereocenters. The van der Waals surface area contributed by atoms with Gasteiger partial charge in [0.25, 0.3) is 0 Å². The third kappa shape index (κ3) is 7.22. The Kier molecular flexibility index (Phi) is 11.5. The van der Waals surface area contributed by atoms with Crippen LogP contribution in [0, 0.1) is 16.9 Å². The molecule has 0 fully saturated rings. The summed E-state index contributed by atoms with van der Waals surface area (Å²) < 4.78 is 14.0. The summed E-state index contributed by atoms with van der Waals surface area (Å²) in [5.41, 5.74) is 5.73. The molecule has 2 aliphatic rings. The Morgan fingerprint density at radius 1 is 0.837 bits per heavy atom. The summed E-state index contributed by atoms with van der Waals surface area (Å²) in [6, 6.07) is 34.5. The number of carbonyl (C=O) groups is 1. The van der Waals surface area contributed by atoms with E-state index in [0.717, 1.165) is 18.5 Å². The molecule has 3 heterocycles. The summed E-state index contributed by atoms with van der Waals surface area (Å²) in [4.78, 5) is 17.2. The number of hydrogen-bond donors (Lipinski definition) is 1. The van der Waals surface area contributed by atoms with E-state index in [4.69, 9.17) is 6.35 Å². The van der Waals surface area contributed by atoms with Crippen LogP contribution in [-0.2, 0) is 24.9 Å². The molecule has 0 aliphatic carbocycles. The topological polar surface area (TPSA) is 50.2 Å². The number of aromatic nitrogens is 1. The standard InChI is InChI=1S/C27H15BNSe2.C15H28O2.Ir/c1-2-8-18-16-29-22(15-17(18)7-1)19-9-5-11-21-27(19)31-25-14-6-13-24-26(25)28(21)20-10-3-4-12-23(20)30-24;1-7-14(5,8-2)12(16)11-13(17)15(6,9-3)10-4;/h1-8,10-16H;11,16H,7-10H2,1-6H3;/q-1;;/b;12-11-;/i;11D;. The number of carbonyl (C=O) groups excluding carboxylic acids is 1. The molecular weight excluding hydrogens is 911 g/mol. The first-order valence-corrected chi connectivity index (χ1v) is 20.4. The van der Waals surface area contributed by atoms with Crippen molar-refractivity contribution < 1.29 is 31.4 Å². The minimum atomic E-state index is -0.534. The molecule has 5 aromatic rings. The van der Waals surface area contributed by atoms with Gasteiger partial charge in [-0.15, -0.1) is 0 Å². The van der Waals surface area contributed by atoms with Crippen molar-refractivity contribution >= 4 is 87.4 Å². The van der Waals surface area contributed by atoms with Gasteiger partial charge in [-0.05, 0) is 25.7 Å². The summed E-state index contributed by atoms with van der Waals surface area (Å²) in [6.45, 7) is 11.9. The molecule has 2 aliphatic heterocycles. The fourth-order valence-corrected chi connectivity index (χ4v) is 11.8. The number of hydrogen-bond acceptors (Lipinski definition) is 3. The van der Waals surface area contributed by atoms with Gasteiger partial charge in [0, 0.05) is 37.0 Å². The molecule has 1 radical (unpaired) electrons. The second-order valence-corrected chi connectivity index (χ2v) is 17.7. The predicted molar refractivity (Wildman–Crippen MR) is 207 cm³/mol. The van der Waals surface area contributed by atoms with Crippen molar-refractivity contribution in [2.24, 2.45) is 10.8 Å². The number of rotatable bonds is 8. The quantitative estimate of drug-likeness (QED) is 0.103. The zero-order valence-corrected chi connectivity index (χ0v) is 34.8. The van der Waals surface area contributed by atoms with Gasteiger partial charge in [0.1, 0.15) is 5.76 Å². The predicted octanol–water partition coefficient (Wildman–Crippen LogP) is 4.80. The number of pyridine rings is 1. The Balaban J connectivity index is 0.000000223. The van der Waals surface area contributed by atoms with Gasteiger partial charge in [-0.3, -0.25) is 4.79 Å². The van der Waals surface area contributed by atoms with Gasteiger partial charge in [-0.2, -0.15) is 0 Å². The van der Waals surface area contributed by atoms with Gasteiger partial charge in [-0.25, -0.2) is 0 Å². The Labute approximate surface area is 320 Å². The van der Waals surface area contributed by atoms with Crippen LogP contribution in [-0.4, -0.2) is 52.5 Å². The maximum atomic E-state index is 12.3. The van der Waals surface area contributed by atoms with Gasteiger partial charge >= 0.3 is 195 Å². The second-order valence-electron chi connectivity index (χ2n) is 13.2. The first-order valence-electron chi connectivity index (χ1n) is 17.5. The Morgan fingerprint density at radius 3 is 2.14 bits per heavy atom. The van der Waals surface area contributed by atoms with E-state index in [9.17, 15) is 9.90 Å². The Morgan fingerprint density at radius 2 is 1.45 bits per heavy atom. The van der Waals surface area contributed by atoms with E-state index < -0.39 is 10.8 Å². The molecule has 1 aromatic heterocycles. The van der Waals surface area contributed by atoms with Crippen molar-refractivity contribution in [3.05, 3.63) is 109 Å². The van der Waals surface area contributed by atoms with Crippen LogP contribution in [0.4, 0.5) is 0 Å². The van der Waals surface area contributed by atoms with E-state index in [0.29, 0.717) is 34.5 Å². The molecule has 0 spiro atoms. The van der Waals surface area contributed by atoms with Crippen LogP contribution in [0.15, 0.2) is 103 Å². The molecule has 0 bridgehead atoms. The van der Waals surface area contributed by atoms with E-state index in [-0.39, 0.29) is 52.7 Å². The summed E-state index contributed by atoms with van der Waals surface area (Å²) in [5.74, 6) is -0.288. The van der Waals surface area contributed by atoms with Crippen molar-refractivity contribution in [2.75, 3.05) is 0 Å². The molecule has 253 valence electrons. The monoisotopic (exact) mass is 958 g/mol. The third-order valence-corrected chi connectivity index (χ3v) is 15.6. The maximum absolute atomic E-state index is 12.3. The van der Waals surface area contributed by atoms with Gasteiger partial charge in [0.05, 0.1) is 1.37 Å². The first kappa shape index (κ1) is 36.1. The number of benzene rings is 4. The number of aliphatic hydroxyl groups is 1. The first-order chi connectivity index (χ1) is 23.6. The van der Waals surface area contributed by atoms with Crippen LogP contribution < -0.4 is 34.2 Å². The van der Waals surface area contributed by atoms with Crippen molar-refractivity contribution in [3.63, 3.8) is 0 Å². The van der Waals surface area contributed by atoms with Gasteiger partial charge in [-0.1, -0.05) is 41.5 Å². The normalized spacial score (nSPS) is 13.8. The average molecular weight is 956 g/mol. The second kappa shape index (κ2) is 15.6. The van der Waals surface area contributed by atoms with E-state index in [1.54, 1.807) is 9.92 Å². The molecule has 0 saturated carbocycles. The molecule has 1 N–H and O–H groups in total. The van der Waals surface area contributed by atoms with Crippen molar-refractivity contribution in [2.45, 2.75) is 67.2 Å². The molecule has 0 saturated heterocycles. The number of fused-ring (bicyclic) bond motifs is 5. The molecule has 4 aromatic carbocycles. The van der Waals surface area contributed by atoms with Crippen LogP contribution in [0.3, 0.4) is 0 Å². The van der Waals surface area contributed by atoms with Gasteiger partial charge in [0.2, 0.25) is 0 Å². The summed E-state index contributed by atoms with van der Waals surface area (Å²) in [7, 11) is 0. The van der Waals surface area contributed by atoms with Gasteiger partial charge in [0.15, 0.2) is 5.78 Å². The van der Waals surface area contributed by atoms with Crippen LogP contribution in [0.5, 0.6) is 0 Å². The zero-order chi connectivity index (χ0) is 34.9. The molecule has 7 heteroatoms. The number of aliphatic hydroxyl groups excluding tert-OH is 1. The molecular formula is C42H43BIrNO2Se2-. The van der Waals surface area contributed by atoms with Crippen LogP contribution in [0.2, 0.25) is 0 Å². The fourth-order valence-electron chi connectivity index (χ4n) is 6.32. The molecule has 0 atom stereocenters. The minimum absolute atomic E-state index is 0. The van der Waals surface area contributed by atoms with Crippen LogP contribution in [0.1, 0.15) is 68.6 Å². The van der Waals surface area contributed by atoms with Crippen molar-refractivity contribution in [3.8, 4) is 11.3 Å². The van der Waals surface area contributed by atoms with E-state index in [1.165, 1.54) is 40.6 Å². The van der Waals surface area contributed by atoms with Crippen LogP contribution >= 0.6 is 0 Å². The summed E-state index contributed by atoms with van der Waals surface area (Å²) >= 11 is 0.635. The van der Waals surface area contributed by atoms with Crippen LogP contribution in [0.25, 0.3) is 22.0 Å². The molecule has 7 rings (SSSR count). The third-order valence-electron chi connectivity index (χ3n) is 10.6. The summed E-state index contributed by atoms with van der Waals surface area (Å²) in [6.07, 6.45) is 4.82. The number of allylic oxidation sites excluding steroid dienone is 2. The van der Waals surface area contributed by atoms with E-state index >= 15 is 0 Å². The van der Waals surface area contributed by atoms with E-state index in [2.05, 4.69) is 91.0 Å². The molecule has 0 amide bonds. The SMILES string of the molecule is [2H]/C(C(=O)C(C)(CC)CC)=C(/O)C(C)(CC)CC.[Ir].[c-]1ccc2c(c1-c1cc3ccccc3cn1)[Se]c1cccc3c1B2c1ccccc1[Se]3. The zero-order valence-electron chi connectivity index (χ0n) is 30.0. The summed E-state index contributed by atoms with van der Waals surface area (Å²) in [5, 5.41) is 12.6. The number of ketones is 1. The van der Waals surface area contributed by atoms with E-state index in [1.807, 2.05) is 47.7 Å². The van der Waals surface area contributed by atoms with Crippen molar-refractivity contribution in [1.82, 2.24) is 4.98 Å². The Bertz CT molecular complexity index is 2070. The van der Waals surface area contributed by atoms with Crippen molar-refractivity contribution in [1.29, 1.82) is 0 Å². The fraction of sp³-hybridized carbons (Fsp3) is 0.286. The average Bonchev–Trinajstić information content (AvgIpc) is 3.16.